The van der Waals surface area contributed by atoms with Gasteiger partial charge in [0.25, 0.3) is 0 Å². The number of nitrogens with zero attached hydrogens (tertiary/aromatic N) is 5. The molecule has 2 aliphatic heterocycles. The van der Waals surface area contributed by atoms with Gasteiger partial charge in [0.1, 0.15) is 35.8 Å². The smallest absolute Gasteiger partial charge is 0.219 e. The van der Waals surface area contributed by atoms with E-state index in [1.165, 1.54) is 0 Å². The Kier molecular flexibility index (Phi) is 6.11. The first-order valence-electron chi connectivity index (χ1n) is 12.6. The van der Waals surface area contributed by atoms with Gasteiger partial charge in [-0.2, -0.15) is 0 Å². The van der Waals surface area contributed by atoms with Crippen molar-refractivity contribution in [2.75, 3.05) is 18.4 Å². The molecule has 4 aromatic rings. The highest BCUT2D eigenvalue weighted by molar-refractivity contribution is 5.92. The molecular weight excluding hydrogens is 480 g/mol. The monoisotopic (exact) mass is 508 g/mol. The molecule has 1 saturated heterocycles. The topological polar surface area (TPSA) is 102 Å². The molecule has 0 aliphatic carbocycles. The normalized spacial score (nSPS) is 18.2. The number of aromatic nitrogens is 3. The zero-order chi connectivity index (χ0) is 26.2. The zero-order valence-electron chi connectivity index (χ0n) is 21.5. The van der Waals surface area contributed by atoms with E-state index in [1.807, 2.05) is 56.3 Å². The van der Waals surface area contributed by atoms with Gasteiger partial charge in [0, 0.05) is 36.7 Å². The van der Waals surface area contributed by atoms with Crippen molar-refractivity contribution in [1.29, 1.82) is 0 Å². The van der Waals surface area contributed by atoms with Crippen LogP contribution in [-0.2, 0) is 16.0 Å². The van der Waals surface area contributed by atoms with Crippen LogP contribution in [0.4, 0.5) is 11.5 Å². The lowest BCUT2D eigenvalue weighted by atomic mass is 10.1. The van der Waals surface area contributed by atoms with Gasteiger partial charge >= 0.3 is 0 Å². The number of ether oxygens (including phenoxy) is 2. The third-order valence-electron chi connectivity index (χ3n) is 6.88. The van der Waals surface area contributed by atoms with E-state index in [4.69, 9.17) is 14.5 Å². The quantitative estimate of drug-likeness (QED) is 0.401. The van der Waals surface area contributed by atoms with Crippen LogP contribution in [0.2, 0.25) is 0 Å². The van der Waals surface area contributed by atoms with Gasteiger partial charge in [-0.15, -0.1) is 0 Å². The largest absolute Gasteiger partial charge is 0.473 e. The molecule has 2 unspecified atom stereocenters. The van der Waals surface area contributed by atoms with Crippen LogP contribution in [0.1, 0.15) is 23.7 Å². The molecule has 2 aromatic heterocycles. The maximum absolute atomic E-state index is 11.7. The predicted molar refractivity (Wildman–Crippen MR) is 145 cm³/mol. The van der Waals surface area contributed by atoms with Gasteiger partial charge in [-0.25, -0.2) is 15.0 Å². The fourth-order valence-corrected chi connectivity index (χ4v) is 4.84. The lowest BCUT2D eigenvalue weighted by molar-refractivity contribution is -0.128. The van der Waals surface area contributed by atoms with Gasteiger partial charge in [0.2, 0.25) is 5.91 Å². The number of anilines is 2. The van der Waals surface area contributed by atoms with Crippen molar-refractivity contribution >= 4 is 34.2 Å². The van der Waals surface area contributed by atoms with E-state index >= 15 is 0 Å². The highest BCUT2D eigenvalue weighted by Crippen LogP contribution is 2.30. The number of aliphatic imine (C=N–C) groups is 1. The van der Waals surface area contributed by atoms with Gasteiger partial charge in [0.15, 0.2) is 5.90 Å². The van der Waals surface area contributed by atoms with E-state index in [0.29, 0.717) is 31.2 Å². The molecule has 38 heavy (non-hydrogen) atoms. The predicted octanol–water partition coefficient (Wildman–Crippen LogP) is 4.75. The molecule has 1 fully saturated rings. The lowest BCUT2D eigenvalue weighted by Gasteiger charge is -2.15. The van der Waals surface area contributed by atoms with Crippen LogP contribution in [0.25, 0.3) is 10.9 Å². The maximum atomic E-state index is 11.7. The number of fused-ring (bicyclic) bond motifs is 2. The van der Waals surface area contributed by atoms with Crippen LogP contribution in [-0.4, -0.2) is 56.9 Å². The minimum absolute atomic E-state index is 0.0207. The van der Waals surface area contributed by atoms with Crippen molar-refractivity contribution in [2.45, 2.75) is 39.3 Å². The summed E-state index contributed by atoms with van der Waals surface area (Å²) in [6, 6.07) is 15.9. The van der Waals surface area contributed by atoms with Crippen molar-refractivity contribution in [2.24, 2.45) is 4.99 Å². The summed E-state index contributed by atoms with van der Waals surface area (Å²) in [4.78, 5) is 31.4. The van der Waals surface area contributed by atoms with Crippen LogP contribution in [0.15, 0.2) is 66.0 Å². The van der Waals surface area contributed by atoms with E-state index < -0.39 is 0 Å². The number of aryl methyl sites for hydroxylation is 2. The summed E-state index contributed by atoms with van der Waals surface area (Å²) in [5.41, 5.74) is 4.73. The van der Waals surface area contributed by atoms with E-state index in [9.17, 15) is 4.79 Å². The highest BCUT2D eigenvalue weighted by Gasteiger charge is 2.40. The number of carbonyl (C=O) groups is 1. The molecule has 1 amide bonds. The van der Waals surface area contributed by atoms with Gasteiger partial charge in [-0.1, -0.05) is 6.07 Å². The van der Waals surface area contributed by atoms with Gasteiger partial charge in [-0.3, -0.25) is 9.78 Å². The molecule has 9 nitrogen and oxygen atoms in total. The summed E-state index contributed by atoms with van der Waals surface area (Å²) in [6.45, 7) is 6.75. The number of amides is 1. The van der Waals surface area contributed by atoms with E-state index in [-0.39, 0.29) is 18.1 Å². The molecular formula is C29H28N6O3. The Morgan fingerprint density at radius 3 is 2.74 bits per heavy atom. The summed E-state index contributed by atoms with van der Waals surface area (Å²) < 4.78 is 12.1. The minimum atomic E-state index is -0.0487. The van der Waals surface area contributed by atoms with E-state index in [0.717, 1.165) is 45.0 Å². The Morgan fingerprint density at radius 2 is 1.97 bits per heavy atom. The Balaban J connectivity index is 1.19. The highest BCUT2D eigenvalue weighted by atomic mass is 16.5. The average molecular weight is 509 g/mol. The van der Waals surface area contributed by atoms with E-state index in [1.54, 1.807) is 24.3 Å². The second-order valence-electron chi connectivity index (χ2n) is 9.76. The number of likely N-dealkylation sites (tertiary alicyclic amines) is 1. The molecule has 192 valence electrons. The summed E-state index contributed by atoms with van der Waals surface area (Å²) in [6.07, 6.45) is 3.81. The number of carbonyl (C=O) groups excluding carboxylic acids is 1. The molecule has 0 spiro atoms. The standard InChI is InChI=1S/C29H28N6O3/c1-17-10-21(6-9-26(17)37-22-7-4-18(2)30-13-22)33-29-23-11-20(5-8-24(23)31-16-32-29)12-28-34-25-14-35(19(3)36)15-27(25)38-28/h4-11,13,16,25,27H,12,14-15H2,1-3H3,(H,31,32,33). The van der Waals surface area contributed by atoms with Crippen LogP contribution >= 0.6 is 0 Å². The molecule has 6 rings (SSSR count). The second kappa shape index (κ2) is 9.74. The fraction of sp³-hybridized carbons (Fsp3) is 0.276. The summed E-state index contributed by atoms with van der Waals surface area (Å²) in [7, 11) is 0. The molecule has 0 saturated carbocycles. The number of hydrogen-bond donors (Lipinski definition) is 1. The van der Waals surface area contributed by atoms with Crippen molar-refractivity contribution in [1.82, 2.24) is 19.9 Å². The van der Waals surface area contributed by atoms with Gasteiger partial charge < -0.3 is 19.7 Å². The third kappa shape index (κ3) is 4.87. The molecule has 2 aliphatic rings. The second-order valence-corrected chi connectivity index (χ2v) is 9.76. The first kappa shape index (κ1) is 23.8. The van der Waals surface area contributed by atoms with Gasteiger partial charge in [-0.05, 0) is 67.4 Å². The molecule has 4 heterocycles. The molecule has 0 bridgehead atoms. The Morgan fingerprint density at radius 1 is 1.08 bits per heavy atom. The van der Waals surface area contributed by atoms with Crippen LogP contribution in [0, 0.1) is 13.8 Å². The fourth-order valence-electron chi connectivity index (χ4n) is 4.84. The Bertz CT molecular complexity index is 1550. The van der Waals surface area contributed by atoms with E-state index in [2.05, 4.69) is 26.3 Å². The Hall–Kier alpha value is -4.53. The SMILES string of the molecule is CC(=O)N1CC2N=C(Cc3ccc4ncnc(Nc5ccc(Oc6ccc(C)nc6)c(C)c5)c4c3)OC2C1. The Labute approximate surface area is 220 Å². The van der Waals surface area contributed by atoms with Crippen LogP contribution in [0.3, 0.4) is 0 Å². The maximum Gasteiger partial charge on any atom is 0.219 e. The number of nitrogens with one attached hydrogen (secondary N) is 1. The van der Waals surface area contributed by atoms with Crippen molar-refractivity contribution < 1.29 is 14.3 Å². The molecule has 2 aromatic carbocycles. The minimum Gasteiger partial charge on any atom is -0.473 e. The molecule has 9 heteroatoms. The van der Waals surface area contributed by atoms with Crippen LogP contribution < -0.4 is 10.1 Å². The molecule has 2 atom stereocenters. The number of pyridine rings is 1. The van der Waals surface area contributed by atoms with Crippen LogP contribution in [0.5, 0.6) is 11.5 Å². The lowest BCUT2D eigenvalue weighted by Crippen LogP contribution is -2.28. The first-order chi connectivity index (χ1) is 18.4. The number of benzene rings is 2. The number of rotatable bonds is 6. The summed E-state index contributed by atoms with van der Waals surface area (Å²) in [5.74, 6) is 2.96. The number of hydrogen-bond acceptors (Lipinski definition) is 8. The summed E-state index contributed by atoms with van der Waals surface area (Å²) >= 11 is 0. The van der Waals surface area contributed by atoms with Crippen molar-refractivity contribution in [3.05, 3.63) is 77.9 Å². The molecule has 1 N–H and O–H groups in total. The van der Waals surface area contributed by atoms with Crippen molar-refractivity contribution in [3.63, 3.8) is 0 Å². The molecule has 0 radical (unpaired) electrons. The van der Waals surface area contributed by atoms with Crippen molar-refractivity contribution in [3.8, 4) is 11.5 Å². The average Bonchev–Trinajstić information content (AvgIpc) is 3.46. The summed E-state index contributed by atoms with van der Waals surface area (Å²) in [5, 5.41) is 4.35. The van der Waals surface area contributed by atoms with Gasteiger partial charge in [0.05, 0.1) is 18.3 Å². The third-order valence-corrected chi connectivity index (χ3v) is 6.88. The zero-order valence-corrected chi connectivity index (χ0v) is 21.5. The first-order valence-corrected chi connectivity index (χ1v) is 12.6.